The number of carbonyl (C=O) groups is 1. The first-order valence-electron chi connectivity index (χ1n) is 8.17. The van der Waals surface area contributed by atoms with Crippen LogP contribution in [0.1, 0.15) is 36.8 Å². The molecule has 1 saturated heterocycles. The van der Waals surface area contributed by atoms with Gasteiger partial charge in [0.1, 0.15) is 17.3 Å². The lowest BCUT2D eigenvalue weighted by Gasteiger charge is -2.58. The molecule has 2 fully saturated rings. The molecular weight excluding hydrogens is 278 g/mol. The fourth-order valence-electron chi connectivity index (χ4n) is 5.28. The summed E-state index contributed by atoms with van der Waals surface area (Å²) in [7, 11) is 3.82. The van der Waals surface area contributed by atoms with Crippen molar-refractivity contribution in [3.63, 3.8) is 0 Å². The number of carbonyl (C=O) groups excluding carboxylic acids is 1. The van der Waals surface area contributed by atoms with Crippen LogP contribution in [0, 0.1) is 5.92 Å². The van der Waals surface area contributed by atoms with Gasteiger partial charge in [0.25, 0.3) is 0 Å². The Balaban J connectivity index is 1.93. The first kappa shape index (κ1) is 14.1. The van der Waals surface area contributed by atoms with Crippen molar-refractivity contribution in [2.24, 2.45) is 5.92 Å². The molecule has 4 rings (SSSR count). The van der Waals surface area contributed by atoms with E-state index in [-0.39, 0.29) is 5.41 Å². The third-order valence-corrected chi connectivity index (χ3v) is 6.23. The van der Waals surface area contributed by atoms with Crippen molar-refractivity contribution in [2.45, 2.75) is 43.6 Å². The van der Waals surface area contributed by atoms with Gasteiger partial charge in [0.05, 0.1) is 7.11 Å². The van der Waals surface area contributed by atoms with Gasteiger partial charge in [0, 0.05) is 35.9 Å². The van der Waals surface area contributed by atoms with Gasteiger partial charge in [-0.2, -0.15) is 0 Å². The Kier molecular flexibility index (Phi) is 3.02. The summed E-state index contributed by atoms with van der Waals surface area (Å²) in [5.41, 5.74) is 2.05. The van der Waals surface area contributed by atoms with Crippen LogP contribution in [0.4, 0.5) is 0 Å². The van der Waals surface area contributed by atoms with Crippen molar-refractivity contribution in [2.75, 3.05) is 20.7 Å². The Hall–Kier alpha value is -1.55. The second kappa shape index (κ2) is 4.72. The van der Waals surface area contributed by atoms with E-state index in [9.17, 15) is 9.90 Å². The van der Waals surface area contributed by atoms with Crippen LogP contribution in [-0.2, 0) is 16.6 Å². The number of hydrogen-bond donors (Lipinski definition) is 1. The zero-order valence-corrected chi connectivity index (χ0v) is 13.3. The van der Waals surface area contributed by atoms with Crippen LogP contribution in [0.25, 0.3) is 0 Å². The smallest absolute Gasteiger partial charge is 0.133 e. The van der Waals surface area contributed by atoms with Crippen LogP contribution in [0.3, 0.4) is 0 Å². The summed E-state index contributed by atoms with van der Waals surface area (Å²) in [6.07, 6.45) is 4.15. The molecule has 0 radical (unpaired) electrons. The number of phenols is 1. The van der Waals surface area contributed by atoms with E-state index < -0.39 is 0 Å². The molecule has 1 N–H and O–H groups in total. The van der Waals surface area contributed by atoms with Crippen LogP contribution in [0.5, 0.6) is 11.5 Å². The van der Waals surface area contributed by atoms with Gasteiger partial charge in [-0.1, -0.05) is 0 Å². The number of ether oxygens (including phenoxy) is 1. The minimum atomic E-state index is -0.156. The number of phenolic OH excluding ortho intramolecular Hbond substituents is 1. The normalized spacial score (nSPS) is 34.0. The van der Waals surface area contributed by atoms with E-state index in [1.807, 2.05) is 0 Å². The molecule has 1 heterocycles. The first-order chi connectivity index (χ1) is 10.5. The molecule has 0 aromatic heterocycles. The number of methoxy groups -OCH3 is 1. The minimum absolute atomic E-state index is 0.156. The second-order valence-corrected chi connectivity index (χ2v) is 7.20. The second-order valence-electron chi connectivity index (χ2n) is 7.20. The van der Waals surface area contributed by atoms with Crippen molar-refractivity contribution in [3.8, 4) is 11.5 Å². The molecule has 4 heteroatoms. The lowest BCUT2D eigenvalue weighted by Crippen LogP contribution is -2.60. The molecule has 0 amide bonds. The number of ketones is 1. The maximum Gasteiger partial charge on any atom is 0.133 e. The molecule has 0 spiro atoms. The molecule has 2 aliphatic carbocycles. The number of aromatic hydroxyl groups is 1. The minimum Gasteiger partial charge on any atom is -0.507 e. The maximum atomic E-state index is 12.2. The number of likely N-dealkylation sites (N-methyl/N-ethyl adjacent to an activating group) is 1. The molecule has 1 saturated carbocycles. The summed E-state index contributed by atoms with van der Waals surface area (Å²) in [6, 6.07) is 4.24. The van der Waals surface area contributed by atoms with Crippen LogP contribution < -0.4 is 4.74 Å². The molecule has 118 valence electrons. The van der Waals surface area contributed by atoms with E-state index in [2.05, 4.69) is 18.0 Å². The highest BCUT2D eigenvalue weighted by Gasteiger charge is 2.56. The average molecular weight is 301 g/mol. The largest absolute Gasteiger partial charge is 0.507 e. The van der Waals surface area contributed by atoms with Gasteiger partial charge in [-0.15, -0.1) is 0 Å². The van der Waals surface area contributed by atoms with E-state index in [4.69, 9.17) is 4.74 Å². The highest BCUT2D eigenvalue weighted by Crippen LogP contribution is 2.57. The number of nitrogens with zero attached hydrogens (tertiary/aromatic N) is 1. The van der Waals surface area contributed by atoms with E-state index in [1.54, 1.807) is 13.2 Å². The highest BCUT2D eigenvalue weighted by atomic mass is 16.5. The molecule has 3 atom stereocenters. The van der Waals surface area contributed by atoms with Gasteiger partial charge in [0.2, 0.25) is 0 Å². The topological polar surface area (TPSA) is 49.8 Å². The molecule has 1 aromatic rings. The van der Waals surface area contributed by atoms with Gasteiger partial charge in [-0.3, -0.25) is 4.79 Å². The van der Waals surface area contributed by atoms with Gasteiger partial charge in [-0.05, 0) is 50.4 Å². The molecule has 1 aliphatic heterocycles. The van der Waals surface area contributed by atoms with E-state index in [1.165, 1.54) is 5.56 Å². The number of piperidine rings is 1. The summed E-state index contributed by atoms with van der Waals surface area (Å²) >= 11 is 0. The van der Waals surface area contributed by atoms with Crippen molar-refractivity contribution in [1.82, 2.24) is 4.90 Å². The zero-order chi connectivity index (χ0) is 15.5. The number of Topliss-reactive ketones (excluding diaryl/α,β-unsaturated/α-hetero) is 1. The predicted octanol–water partition coefficient (Wildman–Crippen LogP) is 2.27. The number of hydrogen-bond acceptors (Lipinski definition) is 4. The average Bonchev–Trinajstić information content (AvgIpc) is 2.49. The lowest BCUT2D eigenvalue weighted by molar-refractivity contribution is -0.126. The number of rotatable bonds is 1. The monoisotopic (exact) mass is 301 g/mol. The summed E-state index contributed by atoms with van der Waals surface area (Å²) in [6.45, 7) is 0.999. The van der Waals surface area contributed by atoms with Crippen molar-refractivity contribution < 1.29 is 14.6 Å². The quantitative estimate of drug-likeness (QED) is 0.864. The molecule has 4 nitrogen and oxygen atoms in total. The van der Waals surface area contributed by atoms with E-state index >= 15 is 0 Å². The number of benzene rings is 1. The molecule has 3 aliphatic rings. The van der Waals surface area contributed by atoms with Crippen LogP contribution >= 0.6 is 0 Å². The molecule has 2 bridgehead atoms. The van der Waals surface area contributed by atoms with Crippen molar-refractivity contribution in [3.05, 3.63) is 23.3 Å². The Labute approximate surface area is 131 Å². The Morgan fingerprint density at radius 2 is 2.23 bits per heavy atom. The van der Waals surface area contributed by atoms with E-state index in [0.29, 0.717) is 42.1 Å². The van der Waals surface area contributed by atoms with Gasteiger partial charge >= 0.3 is 0 Å². The van der Waals surface area contributed by atoms with Crippen LogP contribution in [0.15, 0.2) is 12.1 Å². The Bertz CT molecular complexity index is 641. The summed E-state index contributed by atoms with van der Waals surface area (Å²) in [5, 5.41) is 10.7. The van der Waals surface area contributed by atoms with E-state index in [0.717, 1.165) is 31.4 Å². The summed E-state index contributed by atoms with van der Waals surface area (Å²) < 4.78 is 5.32. The van der Waals surface area contributed by atoms with Crippen LogP contribution in [-0.4, -0.2) is 42.5 Å². The fourth-order valence-corrected chi connectivity index (χ4v) is 5.28. The predicted molar refractivity (Wildman–Crippen MR) is 83.4 cm³/mol. The maximum absolute atomic E-state index is 12.2. The first-order valence-corrected chi connectivity index (χ1v) is 8.17. The third kappa shape index (κ3) is 1.76. The third-order valence-electron chi connectivity index (χ3n) is 6.23. The summed E-state index contributed by atoms with van der Waals surface area (Å²) in [5.74, 6) is 1.85. The molecule has 0 unspecified atom stereocenters. The number of likely N-dealkylation sites (tertiary alicyclic amines) is 1. The highest BCUT2D eigenvalue weighted by molar-refractivity contribution is 5.82. The van der Waals surface area contributed by atoms with Gasteiger partial charge < -0.3 is 14.7 Å². The van der Waals surface area contributed by atoms with Gasteiger partial charge in [-0.25, -0.2) is 0 Å². The molecule has 1 aromatic carbocycles. The standard InChI is InChI=1S/C18H23NO3/c1-19-6-5-18-10-12(20)3-4-14(18)15(19)8-11-7-13(22-2)9-16(21)17(11)18/h7,9,14-15,21H,3-6,8,10H2,1-2H3/t14-,15+,18-/m0/s1. The Morgan fingerprint density at radius 1 is 1.41 bits per heavy atom. The molecule has 22 heavy (non-hydrogen) atoms. The summed E-state index contributed by atoms with van der Waals surface area (Å²) in [4.78, 5) is 14.7. The zero-order valence-electron chi connectivity index (χ0n) is 13.3. The van der Waals surface area contributed by atoms with Crippen molar-refractivity contribution >= 4 is 5.78 Å². The SMILES string of the molecule is COc1cc(O)c2c(c1)C[C@@H]1[C@@H]3CCC(=O)C[C@]23CCN1C. The van der Waals surface area contributed by atoms with Crippen LogP contribution in [0.2, 0.25) is 0 Å². The van der Waals surface area contributed by atoms with Crippen molar-refractivity contribution in [1.29, 1.82) is 0 Å². The lowest BCUT2D eigenvalue weighted by atomic mass is 9.52. The van der Waals surface area contributed by atoms with Gasteiger partial charge in [0.15, 0.2) is 0 Å². The fraction of sp³-hybridized carbons (Fsp3) is 0.611. The molecular formula is C18H23NO3. The number of fused-ring (bicyclic) bond motifs is 1. The Morgan fingerprint density at radius 3 is 3.00 bits per heavy atom.